The minimum absolute atomic E-state index is 0.0490. The molecule has 0 aliphatic heterocycles. The number of terminal acetylenes is 1. The van der Waals surface area contributed by atoms with Crippen molar-refractivity contribution in [1.29, 1.82) is 0 Å². The van der Waals surface area contributed by atoms with E-state index in [9.17, 15) is 4.79 Å². The summed E-state index contributed by atoms with van der Waals surface area (Å²) in [6.45, 7) is 0. The average Bonchev–Trinajstić information content (AvgIpc) is 2.47. The number of imidazole rings is 1. The fourth-order valence-corrected chi connectivity index (χ4v) is 0.940. The van der Waals surface area contributed by atoms with Gasteiger partial charge in [-0.2, -0.15) is 0 Å². The number of ketones is 1. The van der Waals surface area contributed by atoms with Crippen LogP contribution >= 0.6 is 0 Å². The minimum atomic E-state index is 0.0490. The van der Waals surface area contributed by atoms with Gasteiger partial charge in [-0.25, -0.2) is 4.98 Å². The Balaban J connectivity index is 2.67. The van der Waals surface area contributed by atoms with Crippen LogP contribution in [0.5, 0.6) is 0 Å². The summed E-state index contributed by atoms with van der Waals surface area (Å²) < 4.78 is 1.69. The Morgan fingerprint density at radius 3 is 3.08 bits per heavy atom. The van der Waals surface area contributed by atoms with E-state index in [4.69, 9.17) is 6.42 Å². The highest BCUT2D eigenvalue weighted by Gasteiger charge is 2.07. The van der Waals surface area contributed by atoms with Crippen LogP contribution in [0.15, 0.2) is 12.5 Å². The van der Waals surface area contributed by atoms with Crippen molar-refractivity contribution in [2.75, 3.05) is 0 Å². The zero-order chi connectivity index (χ0) is 8.97. The van der Waals surface area contributed by atoms with Gasteiger partial charge in [0.25, 0.3) is 0 Å². The third kappa shape index (κ3) is 1.73. The van der Waals surface area contributed by atoms with E-state index in [-0.39, 0.29) is 5.78 Å². The molecule has 0 N–H and O–H groups in total. The van der Waals surface area contributed by atoms with E-state index in [1.54, 1.807) is 24.1 Å². The average molecular weight is 162 g/mol. The van der Waals surface area contributed by atoms with Crippen LogP contribution in [0.2, 0.25) is 0 Å². The Bertz CT molecular complexity index is 320. The Morgan fingerprint density at radius 1 is 1.83 bits per heavy atom. The van der Waals surface area contributed by atoms with Gasteiger partial charge >= 0.3 is 0 Å². The van der Waals surface area contributed by atoms with Crippen LogP contribution in [0.4, 0.5) is 0 Å². The maximum absolute atomic E-state index is 11.3. The molecule has 0 atom stereocenters. The summed E-state index contributed by atoms with van der Waals surface area (Å²) in [5.41, 5.74) is 0.616. The van der Waals surface area contributed by atoms with Gasteiger partial charge in [-0.05, 0) is 0 Å². The van der Waals surface area contributed by atoms with Crippen molar-refractivity contribution in [3.05, 3.63) is 18.2 Å². The molecule has 1 heterocycles. The highest BCUT2D eigenvalue weighted by atomic mass is 16.1. The van der Waals surface area contributed by atoms with Crippen LogP contribution in [-0.4, -0.2) is 15.3 Å². The Hall–Kier alpha value is -1.56. The van der Waals surface area contributed by atoms with Gasteiger partial charge in [0.1, 0.15) is 5.69 Å². The summed E-state index contributed by atoms with van der Waals surface area (Å²) in [4.78, 5) is 15.2. The highest BCUT2D eigenvalue weighted by molar-refractivity contribution is 5.94. The smallest absolute Gasteiger partial charge is 0.181 e. The second-order valence-corrected chi connectivity index (χ2v) is 2.52. The predicted molar refractivity (Wildman–Crippen MR) is 45.6 cm³/mol. The summed E-state index contributed by atoms with van der Waals surface area (Å²) in [5.74, 6) is 2.48. The van der Waals surface area contributed by atoms with Crippen molar-refractivity contribution in [3.8, 4) is 12.3 Å². The minimum Gasteiger partial charge on any atom is -0.331 e. The maximum Gasteiger partial charge on any atom is 0.181 e. The van der Waals surface area contributed by atoms with E-state index in [0.717, 1.165) is 0 Å². The molecule has 0 aliphatic rings. The van der Waals surface area contributed by atoms with E-state index in [2.05, 4.69) is 10.9 Å². The molecule has 1 rings (SSSR count). The second kappa shape index (κ2) is 3.72. The first-order valence-electron chi connectivity index (χ1n) is 3.68. The van der Waals surface area contributed by atoms with Crippen molar-refractivity contribution in [2.45, 2.75) is 12.8 Å². The van der Waals surface area contributed by atoms with Crippen LogP contribution in [0.3, 0.4) is 0 Å². The monoisotopic (exact) mass is 162 g/mol. The molecule has 0 aliphatic carbocycles. The summed E-state index contributed by atoms with van der Waals surface area (Å²) >= 11 is 0. The third-order valence-corrected chi connectivity index (χ3v) is 1.60. The third-order valence-electron chi connectivity index (χ3n) is 1.60. The molecule has 0 radical (unpaired) electrons. The Morgan fingerprint density at radius 2 is 2.58 bits per heavy atom. The molecule has 0 fully saturated rings. The lowest BCUT2D eigenvalue weighted by Crippen LogP contribution is -2.04. The van der Waals surface area contributed by atoms with Crippen LogP contribution < -0.4 is 0 Å². The maximum atomic E-state index is 11.3. The molecule has 3 heteroatoms. The molecule has 0 amide bonds. The van der Waals surface area contributed by atoms with Gasteiger partial charge in [-0.15, -0.1) is 12.3 Å². The molecule has 0 bridgehead atoms. The van der Waals surface area contributed by atoms with Gasteiger partial charge in [0.15, 0.2) is 5.78 Å². The number of rotatable bonds is 3. The molecule has 12 heavy (non-hydrogen) atoms. The van der Waals surface area contributed by atoms with Gasteiger partial charge < -0.3 is 4.57 Å². The fraction of sp³-hybridized carbons (Fsp3) is 0.333. The summed E-state index contributed by atoms with van der Waals surface area (Å²) in [5, 5.41) is 0. The predicted octanol–water partition coefficient (Wildman–Crippen LogP) is 1.02. The van der Waals surface area contributed by atoms with Crippen LogP contribution in [0.1, 0.15) is 23.3 Å². The molecular formula is C9H10N2O. The second-order valence-electron chi connectivity index (χ2n) is 2.52. The SMILES string of the molecule is C#CCCC(=O)c1cncn1C. The van der Waals surface area contributed by atoms with Gasteiger partial charge in [-0.3, -0.25) is 4.79 Å². The van der Waals surface area contributed by atoms with Crippen LogP contribution in [0.25, 0.3) is 0 Å². The van der Waals surface area contributed by atoms with E-state index >= 15 is 0 Å². The first-order valence-corrected chi connectivity index (χ1v) is 3.68. The van der Waals surface area contributed by atoms with E-state index in [1.807, 2.05) is 0 Å². The highest BCUT2D eigenvalue weighted by Crippen LogP contribution is 2.02. The van der Waals surface area contributed by atoms with Gasteiger partial charge in [0.2, 0.25) is 0 Å². The molecule has 3 nitrogen and oxygen atoms in total. The molecule has 1 aromatic rings. The molecule has 62 valence electrons. The molecule has 0 saturated heterocycles. The van der Waals surface area contributed by atoms with E-state index in [0.29, 0.717) is 18.5 Å². The Labute approximate surface area is 71.4 Å². The van der Waals surface area contributed by atoms with Crippen molar-refractivity contribution in [1.82, 2.24) is 9.55 Å². The van der Waals surface area contributed by atoms with Crippen molar-refractivity contribution in [3.63, 3.8) is 0 Å². The number of carbonyl (C=O) groups excluding carboxylic acids is 1. The summed E-state index contributed by atoms with van der Waals surface area (Å²) in [7, 11) is 1.79. The zero-order valence-corrected chi connectivity index (χ0v) is 6.95. The van der Waals surface area contributed by atoms with E-state index < -0.39 is 0 Å². The van der Waals surface area contributed by atoms with Crippen molar-refractivity contribution in [2.24, 2.45) is 7.05 Å². The molecule has 0 saturated carbocycles. The normalized spacial score (nSPS) is 9.33. The molecule has 0 unspecified atom stereocenters. The number of hydrogen-bond donors (Lipinski definition) is 0. The van der Waals surface area contributed by atoms with Crippen LogP contribution in [-0.2, 0) is 7.05 Å². The van der Waals surface area contributed by atoms with Crippen LogP contribution in [0, 0.1) is 12.3 Å². The molecule has 0 aromatic carbocycles. The number of aryl methyl sites for hydroxylation is 1. The lowest BCUT2D eigenvalue weighted by molar-refractivity contribution is 0.0976. The van der Waals surface area contributed by atoms with Gasteiger partial charge in [-0.1, -0.05) is 0 Å². The van der Waals surface area contributed by atoms with Crippen molar-refractivity contribution >= 4 is 5.78 Å². The number of nitrogens with zero attached hydrogens (tertiary/aromatic N) is 2. The van der Waals surface area contributed by atoms with E-state index in [1.165, 1.54) is 0 Å². The standard InChI is InChI=1S/C9H10N2O/c1-3-4-5-9(12)8-6-10-7-11(8)2/h1,6-7H,4-5H2,2H3. The topological polar surface area (TPSA) is 34.9 Å². The number of hydrogen-bond acceptors (Lipinski definition) is 2. The quantitative estimate of drug-likeness (QED) is 0.491. The fourth-order valence-electron chi connectivity index (χ4n) is 0.940. The van der Waals surface area contributed by atoms with Crippen molar-refractivity contribution < 1.29 is 4.79 Å². The molecule has 0 spiro atoms. The zero-order valence-electron chi connectivity index (χ0n) is 6.95. The summed E-state index contributed by atoms with van der Waals surface area (Å²) in [6, 6.07) is 0. The molecular weight excluding hydrogens is 152 g/mol. The number of carbonyl (C=O) groups is 1. The molecule has 1 aromatic heterocycles. The largest absolute Gasteiger partial charge is 0.331 e. The Kier molecular flexibility index (Phi) is 2.65. The lowest BCUT2D eigenvalue weighted by Gasteiger charge is -1.97. The number of aromatic nitrogens is 2. The first kappa shape index (κ1) is 8.54. The number of Topliss-reactive ketones (excluding diaryl/α,β-unsaturated/α-hetero) is 1. The first-order chi connectivity index (χ1) is 5.75. The van der Waals surface area contributed by atoms with Gasteiger partial charge in [0.05, 0.1) is 12.5 Å². The lowest BCUT2D eigenvalue weighted by atomic mass is 10.2. The van der Waals surface area contributed by atoms with Gasteiger partial charge in [0, 0.05) is 19.9 Å². The summed E-state index contributed by atoms with van der Waals surface area (Å²) in [6.07, 6.45) is 9.09.